The van der Waals surface area contributed by atoms with Gasteiger partial charge in [-0.2, -0.15) is 0 Å². The van der Waals surface area contributed by atoms with Crippen molar-refractivity contribution >= 4 is 12.4 Å². The van der Waals surface area contributed by atoms with Crippen LogP contribution in [0.25, 0.3) is 0 Å². The molecule has 2 aliphatic heterocycles. The first-order chi connectivity index (χ1) is 7.63. The fourth-order valence-corrected chi connectivity index (χ4v) is 2.98. The van der Waals surface area contributed by atoms with Crippen molar-refractivity contribution in [1.82, 2.24) is 10.2 Å². The summed E-state index contributed by atoms with van der Waals surface area (Å²) in [5.74, 6) is 0. The van der Waals surface area contributed by atoms with Gasteiger partial charge in [0.25, 0.3) is 0 Å². The molecule has 17 heavy (non-hydrogen) atoms. The molecule has 0 aliphatic carbocycles. The number of morpholine rings is 1. The Bertz CT molecular complexity index is 231. The lowest BCUT2D eigenvalue weighted by Gasteiger charge is -2.42. The maximum absolute atomic E-state index is 5.75. The molecule has 2 fully saturated rings. The molecule has 3 unspecified atom stereocenters. The zero-order valence-corrected chi connectivity index (χ0v) is 12.2. The van der Waals surface area contributed by atoms with Crippen molar-refractivity contribution in [1.29, 1.82) is 0 Å². The maximum Gasteiger partial charge on any atom is 0.0674 e. The Morgan fingerprint density at radius 3 is 2.82 bits per heavy atom. The summed E-state index contributed by atoms with van der Waals surface area (Å²) in [6, 6.07) is 0.633. The molecule has 0 amide bonds. The number of halogens is 1. The monoisotopic (exact) mass is 262 g/mol. The van der Waals surface area contributed by atoms with Gasteiger partial charge in [0.15, 0.2) is 0 Å². The molecular weight excluding hydrogens is 236 g/mol. The first-order valence-corrected chi connectivity index (χ1v) is 6.69. The van der Waals surface area contributed by atoms with E-state index in [4.69, 9.17) is 4.74 Å². The summed E-state index contributed by atoms with van der Waals surface area (Å²) in [6.07, 6.45) is 2.92. The Morgan fingerprint density at radius 2 is 2.24 bits per heavy atom. The minimum Gasteiger partial charge on any atom is -0.376 e. The predicted molar refractivity (Wildman–Crippen MR) is 73.9 cm³/mol. The van der Waals surface area contributed by atoms with Gasteiger partial charge in [-0.05, 0) is 31.7 Å². The summed E-state index contributed by atoms with van der Waals surface area (Å²) in [5, 5.41) is 3.49. The van der Waals surface area contributed by atoms with Crippen LogP contribution in [0.4, 0.5) is 0 Å². The van der Waals surface area contributed by atoms with Crippen LogP contribution in [-0.4, -0.2) is 49.8 Å². The molecule has 2 heterocycles. The summed E-state index contributed by atoms with van der Waals surface area (Å²) in [7, 11) is 0. The Morgan fingerprint density at radius 1 is 1.47 bits per heavy atom. The molecule has 0 spiro atoms. The number of hydrogen-bond acceptors (Lipinski definition) is 3. The van der Waals surface area contributed by atoms with Crippen molar-refractivity contribution in [3.8, 4) is 0 Å². The molecule has 2 saturated heterocycles. The van der Waals surface area contributed by atoms with E-state index in [0.29, 0.717) is 17.6 Å². The van der Waals surface area contributed by atoms with Gasteiger partial charge in [0.2, 0.25) is 0 Å². The van der Waals surface area contributed by atoms with E-state index >= 15 is 0 Å². The van der Waals surface area contributed by atoms with Crippen molar-refractivity contribution in [2.24, 2.45) is 5.41 Å². The first-order valence-electron chi connectivity index (χ1n) is 6.69. The van der Waals surface area contributed by atoms with E-state index in [-0.39, 0.29) is 12.4 Å². The van der Waals surface area contributed by atoms with Crippen LogP contribution in [0.5, 0.6) is 0 Å². The summed E-state index contributed by atoms with van der Waals surface area (Å²) in [5.41, 5.74) is 0.477. The van der Waals surface area contributed by atoms with Gasteiger partial charge in [-0.1, -0.05) is 13.8 Å². The van der Waals surface area contributed by atoms with E-state index in [9.17, 15) is 0 Å². The molecule has 0 radical (unpaired) electrons. The third-order valence-corrected chi connectivity index (χ3v) is 4.09. The molecule has 0 bridgehead atoms. The summed E-state index contributed by atoms with van der Waals surface area (Å²) in [6.45, 7) is 12.5. The van der Waals surface area contributed by atoms with Gasteiger partial charge >= 0.3 is 0 Å². The van der Waals surface area contributed by atoms with Gasteiger partial charge in [0, 0.05) is 25.7 Å². The number of ether oxygens (including phenoxy) is 1. The second-order valence-corrected chi connectivity index (χ2v) is 5.87. The van der Waals surface area contributed by atoms with Crippen LogP contribution in [0, 0.1) is 5.41 Å². The SMILES string of the molecule is CCC1COC(C)CN1CC1(C)CCNC1.Cl. The minimum absolute atomic E-state index is 0. The van der Waals surface area contributed by atoms with Crippen LogP contribution in [0.3, 0.4) is 0 Å². The van der Waals surface area contributed by atoms with Gasteiger partial charge in [0.05, 0.1) is 12.7 Å². The molecule has 0 aromatic carbocycles. The zero-order chi connectivity index (χ0) is 11.6. The highest BCUT2D eigenvalue weighted by Gasteiger charge is 2.34. The second-order valence-electron chi connectivity index (χ2n) is 5.87. The molecule has 2 rings (SSSR count). The van der Waals surface area contributed by atoms with E-state index in [1.807, 2.05) is 0 Å². The minimum atomic E-state index is 0. The maximum atomic E-state index is 5.75. The highest BCUT2D eigenvalue weighted by atomic mass is 35.5. The van der Waals surface area contributed by atoms with Crippen molar-refractivity contribution < 1.29 is 4.74 Å². The average Bonchev–Trinajstić information content (AvgIpc) is 2.65. The van der Waals surface area contributed by atoms with Gasteiger partial charge in [-0.3, -0.25) is 4.90 Å². The van der Waals surface area contributed by atoms with Crippen molar-refractivity contribution in [2.75, 3.05) is 32.8 Å². The van der Waals surface area contributed by atoms with Crippen LogP contribution < -0.4 is 5.32 Å². The van der Waals surface area contributed by atoms with Crippen molar-refractivity contribution in [3.05, 3.63) is 0 Å². The largest absolute Gasteiger partial charge is 0.376 e. The molecule has 102 valence electrons. The molecule has 2 aliphatic rings. The molecule has 3 atom stereocenters. The number of rotatable bonds is 3. The molecule has 0 aromatic rings. The third-order valence-electron chi connectivity index (χ3n) is 4.09. The summed E-state index contributed by atoms with van der Waals surface area (Å²) in [4.78, 5) is 2.65. The molecule has 0 aromatic heterocycles. The highest BCUT2D eigenvalue weighted by Crippen LogP contribution is 2.28. The fourth-order valence-electron chi connectivity index (χ4n) is 2.98. The lowest BCUT2D eigenvalue weighted by atomic mass is 9.88. The van der Waals surface area contributed by atoms with E-state index in [2.05, 4.69) is 31.0 Å². The third kappa shape index (κ3) is 3.82. The Balaban J connectivity index is 0.00000144. The lowest BCUT2D eigenvalue weighted by Crippen LogP contribution is -2.52. The molecule has 1 N–H and O–H groups in total. The Kier molecular flexibility index (Phi) is 5.71. The summed E-state index contributed by atoms with van der Waals surface area (Å²) >= 11 is 0. The molecular formula is C13H27ClN2O. The topological polar surface area (TPSA) is 24.5 Å². The number of nitrogens with zero attached hydrogens (tertiary/aromatic N) is 1. The lowest BCUT2D eigenvalue weighted by molar-refractivity contribution is -0.0663. The first kappa shape index (κ1) is 15.2. The zero-order valence-electron chi connectivity index (χ0n) is 11.4. The van der Waals surface area contributed by atoms with Crippen LogP contribution in [-0.2, 0) is 4.74 Å². The van der Waals surface area contributed by atoms with E-state index in [0.717, 1.165) is 13.2 Å². The van der Waals surface area contributed by atoms with E-state index in [1.165, 1.54) is 32.5 Å². The number of nitrogens with one attached hydrogen (secondary N) is 1. The predicted octanol–water partition coefficient (Wildman–Crippen LogP) is 1.91. The van der Waals surface area contributed by atoms with Gasteiger partial charge < -0.3 is 10.1 Å². The van der Waals surface area contributed by atoms with Crippen LogP contribution in [0.2, 0.25) is 0 Å². The molecule has 0 saturated carbocycles. The second kappa shape index (κ2) is 6.37. The van der Waals surface area contributed by atoms with Crippen LogP contribution in [0.15, 0.2) is 0 Å². The fraction of sp³-hybridized carbons (Fsp3) is 1.00. The number of hydrogen-bond donors (Lipinski definition) is 1. The average molecular weight is 263 g/mol. The molecule has 4 heteroatoms. The Labute approximate surface area is 112 Å². The smallest absolute Gasteiger partial charge is 0.0674 e. The van der Waals surface area contributed by atoms with Crippen molar-refractivity contribution in [3.63, 3.8) is 0 Å². The van der Waals surface area contributed by atoms with Gasteiger partial charge in [0.1, 0.15) is 0 Å². The standard InChI is InChI=1S/C13H26N2O.ClH/c1-4-12-8-16-11(2)7-15(12)10-13(3)5-6-14-9-13;/h11-12,14H,4-10H2,1-3H3;1H. The quantitative estimate of drug-likeness (QED) is 0.841. The van der Waals surface area contributed by atoms with Gasteiger partial charge in [-0.25, -0.2) is 0 Å². The molecule has 3 nitrogen and oxygen atoms in total. The highest BCUT2D eigenvalue weighted by molar-refractivity contribution is 5.85. The van der Waals surface area contributed by atoms with Crippen molar-refractivity contribution in [2.45, 2.75) is 45.8 Å². The Hall–Kier alpha value is 0.170. The van der Waals surface area contributed by atoms with Gasteiger partial charge in [-0.15, -0.1) is 12.4 Å². The van der Waals surface area contributed by atoms with E-state index < -0.39 is 0 Å². The van der Waals surface area contributed by atoms with Crippen LogP contribution in [0.1, 0.15) is 33.6 Å². The normalized spacial score (nSPS) is 39.0. The summed E-state index contributed by atoms with van der Waals surface area (Å²) < 4.78 is 5.75. The van der Waals surface area contributed by atoms with Crippen LogP contribution >= 0.6 is 12.4 Å². The van der Waals surface area contributed by atoms with E-state index in [1.54, 1.807) is 0 Å².